The fraction of sp³-hybridized carbons (Fsp3) is 0.609. The maximum atomic E-state index is 9.65. The van der Waals surface area contributed by atoms with Crippen LogP contribution in [0.2, 0.25) is 5.02 Å². The maximum absolute atomic E-state index is 9.65. The summed E-state index contributed by atoms with van der Waals surface area (Å²) in [6.45, 7) is 9.25. The second-order valence-electron chi connectivity index (χ2n) is 8.72. The molecular weight excluding hydrogens is 428 g/mol. The summed E-state index contributed by atoms with van der Waals surface area (Å²) in [4.78, 5) is 18.1. The van der Waals surface area contributed by atoms with E-state index in [0.29, 0.717) is 35.2 Å². The molecule has 8 nitrogen and oxygen atoms in total. The van der Waals surface area contributed by atoms with Crippen LogP contribution >= 0.6 is 11.6 Å². The van der Waals surface area contributed by atoms with Crippen molar-refractivity contribution in [3.63, 3.8) is 0 Å². The summed E-state index contributed by atoms with van der Waals surface area (Å²) >= 11 is 6.23. The van der Waals surface area contributed by atoms with Crippen LogP contribution < -0.4 is 10.1 Å². The number of pyridine rings is 1. The number of halogens is 1. The van der Waals surface area contributed by atoms with Crippen molar-refractivity contribution in [3.05, 3.63) is 35.1 Å². The fourth-order valence-electron chi connectivity index (χ4n) is 4.25. The van der Waals surface area contributed by atoms with E-state index in [9.17, 15) is 5.11 Å². The summed E-state index contributed by atoms with van der Waals surface area (Å²) in [7, 11) is 0. The molecule has 2 aliphatic rings. The number of anilines is 2. The first-order valence-corrected chi connectivity index (χ1v) is 12.0. The highest BCUT2D eigenvalue weighted by molar-refractivity contribution is 6.31. The lowest BCUT2D eigenvalue weighted by molar-refractivity contribution is 0.0909. The minimum absolute atomic E-state index is 0.171. The number of piperazine rings is 1. The van der Waals surface area contributed by atoms with E-state index in [0.717, 1.165) is 65.0 Å². The van der Waals surface area contributed by atoms with Gasteiger partial charge in [0.15, 0.2) is 0 Å². The maximum Gasteiger partial charge on any atom is 0.237 e. The van der Waals surface area contributed by atoms with E-state index in [4.69, 9.17) is 16.3 Å². The number of aliphatic hydroxyl groups is 1. The Kier molecular flexibility index (Phi) is 8.13. The number of hydrogen-bond acceptors (Lipinski definition) is 8. The zero-order chi connectivity index (χ0) is 22.3. The van der Waals surface area contributed by atoms with E-state index in [1.54, 1.807) is 6.20 Å². The Hall–Kier alpha value is -2.00. The molecule has 0 unspecified atom stereocenters. The number of likely N-dealkylation sites (N-methyl/N-ethyl adjacent to an activating group) is 1. The monoisotopic (exact) mass is 460 g/mol. The topological polar surface area (TPSA) is 86.6 Å². The van der Waals surface area contributed by atoms with E-state index < -0.39 is 0 Å². The molecule has 2 N–H and O–H groups in total. The summed E-state index contributed by atoms with van der Waals surface area (Å²) in [5, 5.41) is 13.2. The summed E-state index contributed by atoms with van der Waals surface area (Å²) in [6, 6.07) is 4.04. The quantitative estimate of drug-likeness (QED) is 0.620. The third-order valence-electron chi connectivity index (χ3n) is 6.37. The van der Waals surface area contributed by atoms with Crippen molar-refractivity contribution in [3.8, 4) is 5.88 Å². The SMILES string of the molecule is CCN1CCN(Cc2ccc(Nc3ncc(Cl)c(OCC4CCC(O)CC4)n3)nc2)CC1. The fourth-order valence-corrected chi connectivity index (χ4v) is 4.40. The third-order valence-corrected chi connectivity index (χ3v) is 6.63. The first-order valence-electron chi connectivity index (χ1n) is 11.6. The zero-order valence-electron chi connectivity index (χ0n) is 18.7. The van der Waals surface area contributed by atoms with E-state index in [2.05, 4.69) is 43.1 Å². The van der Waals surface area contributed by atoms with Crippen LogP contribution in [0.5, 0.6) is 5.88 Å². The van der Waals surface area contributed by atoms with Gasteiger partial charge in [0.25, 0.3) is 0 Å². The van der Waals surface area contributed by atoms with Crippen LogP contribution in [-0.2, 0) is 6.54 Å². The molecule has 1 saturated heterocycles. The predicted molar refractivity (Wildman–Crippen MR) is 125 cm³/mol. The number of hydrogen-bond donors (Lipinski definition) is 2. The van der Waals surface area contributed by atoms with Gasteiger partial charge in [0.1, 0.15) is 10.8 Å². The van der Waals surface area contributed by atoms with E-state index >= 15 is 0 Å². The van der Waals surface area contributed by atoms with Crippen molar-refractivity contribution < 1.29 is 9.84 Å². The van der Waals surface area contributed by atoms with E-state index in [-0.39, 0.29) is 6.10 Å². The molecule has 0 aromatic carbocycles. The highest BCUT2D eigenvalue weighted by Crippen LogP contribution is 2.28. The van der Waals surface area contributed by atoms with Gasteiger partial charge in [-0.25, -0.2) is 9.97 Å². The number of aromatic nitrogens is 3. The number of rotatable bonds is 8. The summed E-state index contributed by atoms with van der Waals surface area (Å²) < 4.78 is 5.88. The molecule has 0 atom stereocenters. The van der Waals surface area contributed by atoms with Crippen molar-refractivity contribution in [1.82, 2.24) is 24.8 Å². The van der Waals surface area contributed by atoms with Gasteiger partial charge in [0.2, 0.25) is 11.8 Å². The Morgan fingerprint density at radius 2 is 1.81 bits per heavy atom. The molecule has 1 aliphatic heterocycles. The Labute approximate surface area is 195 Å². The molecular formula is C23H33ClN6O2. The van der Waals surface area contributed by atoms with Crippen LogP contribution in [0.1, 0.15) is 38.2 Å². The van der Waals surface area contributed by atoms with Crippen LogP contribution in [0.15, 0.2) is 24.5 Å². The minimum Gasteiger partial charge on any atom is -0.476 e. The number of nitrogens with one attached hydrogen (secondary N) is 1. The Morgan fingerprint density at radius 1 is 1.06 bits per heavy atom. The van der Waals surface area contributed by atoms with Gasteiger partial charge in [-0.2, -0.15) is 4.98 Å². The van der Waals surface area contributed by atoms with Crippen molar-refractivity contribution in [1.29, 1.82) is 0 Å². The lowest BCUT2D eigenvalue weighted by atomic mass is 9.88. The lowest BCUT2D eigenvalue weighted by Gasteiger charge is -2.33. The summed E-state index contributed by atoms with van der Waals surface area (Å²) in [5.74, 6) is 1.87. The molecule has 0 amide bonds. The first-order chi connectivity index (χ1) is 15.6. The van der Waals surface area contributed by atoms with Crippen molar-refractivity contribution in [2.24, 2.45) is 5.92 Å². The first kappa shape index (κ1) is 23.2. The van der Waals surface area contributed by atoms with Crippen molar-refractivity contribution in [2.75, 3.05) is 44.6 Å². The number of ether oxygens (including phenoxy) is 1. The second-order valence-corrected chi connectivity index (χ2v) is 9.13. The van der Waals surface area contributed by atoms with Crippen LogP contribution in [0.25, 0.3) is 0 Å². The van der Waals surface area contributed by atoms with Crippen molar-refractivity contribution in [2.45, 2.75) is 45.3 Å². The Balaban J connectivity index is 1.29. The van der Waals surface area contributed by atoms with Crippen LogP contribution in [0.4, 0.5) is 11.8 Å². The average molecular weight is 461 g/mol. The largest absolute Gasteiger partial charge is 0.476 e. The van der Waals surface area contributed by atoms with Gasteiger partial charge >= 0.3 is 0 Å². The van der Waals surface area contributed by atoms with Crippen molar-refractivity contribution >= 4 is 23.4 Å². The minimum atomic E-state index is -0.171. The highest BCUT2D eigenvalue weighted by atomic mass is 35.5. The van der Waals surface area contributed by atoms with Crippen LogP contribution in [-0.4, -0.2) is 75.3 Å². The second kappa shape index (κ2) is 11.2. The Bertz CT molecular complexity index is 852. The van der Waals surface area contributed by atoms with Gasteiger partial charge in [-0.1, -0.05) is 24.6 Å². The van der Waals surface area contributed by atoms with Gasteiger partial charge in [0, 0.05) is 38.9 Å². The Morgan fingerprint density at radius 3 is 2.50 bits per heavy atom. The molecule has 3 heterocycles. The molecule has 1 aliphatic carbocycles. The van der Waals surface area contributed by atoms with Crippen LogP contribution in [0.3, 0.4) is 0 Å². The van der Waals surface area contributed by atoms with Crippen LogP contribution in [0, 0.1) is 5.92 Å². The number of aliphatic hydroxyl groups excluding tert-OH is 1. The molecule has 0 bridgehead atoms. The van der Waals surface area contributed by atoms with E-state index in [1.807, 2.05) is 12.3 Å². The average Bonchev–Trinajstić information content (AvgIpc) is 2.82. The molecule has 0 spiro atoms. The van der Waals surface area contributed by atoms with Gasteiger partial charge in [-0.05, 0) is 49.8 Å². The smallest absolute Gasteiger partial charge is 0.237 e. The van der Waals surface area contributed by atoms with Gasteiger partial charge < -0.3 is 20.1 Å². The van der Waals surface area contributed by atoms with Gasteiger partial charge in [-0.15, -0.1) is 0 Å². The third kappa shape index (κ3) is 6.51. The van der Waals surface area contributed by atoms with Gasteiger partial charge in [0.05, 0.1) is 18.9 Å². The summed E-state index contributed by atoms with van der Waals surface area (Å²) in [5.41, 5.74) is 1.19. The standard InChI is InChI=1S/C23H33ClN6O2/c1-2-29-9-11-30(12-10-29)15-18-5-8-21(25-13-18)27-23-26-14-20(24)22(28-23)32-16-17-3-6-19(31)7-4-17/h5,8,13-14,17,19,31H,2-4,6-7,9-12,15-16H2,1H3,(H,25,26,27,28). The van der Waals surface area contributed by atoms with E-state index in [1.165, 1.54) is 5.56 Å². The molecule has 1 saturated carbocycles. The molecule has 4 rings (SSSR count). The molecule has 32 heavy (non-hydrogen) atoms. The molecule has 0 radical (unpaired) electrons. The predicted octanol–water partition coefficient (Wildman–Crippen LogP) is 3.34. The number of nitrogens with zero attached hydrogens (tertiary/aromatic N) is 5. The molecule has 2 aromatic rings. The molecule has 2 fully saturated rings. The molecule has 174 valence electrons. The summed E-state index contributed by atoms with van der Waals surface area (Å²) in [6.07, 6.45) is 6.85. The highest BCUT2D eigenvalue weighted by Gasteiger charge is 2.21. The normalized spacial score (nSPS) is 22.6. The molecule has 9 heteroatoms. The molecule has 2 aromatic heterocycles. The lowest BCUT2D eigenvalue weighted by Crippen LogP contribution is -2.45. The zero-order valence-corrected chi connectivity index (χ0v) is 19.5. The van der Waals surface area contributed by atoms with Gasteiger partial charge in [-0.3, -0.25) is 4.90 Å².